The molecule has 0 fully saturated rings. The van der Waals surface area contributed by atoms with Crippen LogP contribution in [0.4, 0.5) is 0 Å². The van der Waals surface area contributed by atoms with Gasteiger partial charge < -0.3 is 11.1 Å². The number of carbonyl (C=O) groups excluding carboxylic acids is 1. The average Bonchev–Trinajstić information content (AvgIpc) is 2.84. The van der Waals surface area contributed by atoms with E-state index in [1.807, 2.05) is 13.1 Å². The summed E-state index contributed by atoms with van der Waals surface area (Å²) in [5.41, 5.74) is 7.88. The molecule has 0 unspecified atom stereocenters. The molecule has 0 aliphatic carbocycles. The van der Waals surface area contributed by atoms with Crippen molar-refractivity contribution in [2.24, 2.45) is 5.73 Å². The molecule has 3 N–H and O–H groups in total. The van der Waals surface area contributed by atoms with E-state index in [0.29, 0.717) is 30.9 Å². The molecule has 0 aromatic carbocycles. The topological polar surface area (TPSA) is 85.8 Å². The van der Waals surface area contributed by atoms with Gasteiger partial charge in [-0.1, -0.05) is 0 Å². The molecule has 7 heteroatoms. The number of nitrogens with two attached hydrogens (primary N) is 1. The second-order valence-electron chi connectivity index (χ2n) is 4.28. The molecule has 0 saturated heterocycles. The van der Waals surface area contributed by atoms with Crippen LogP contribution in [0, 0.1) is 6.92 Å². The molecule has 0 bridgehead atoms. The number of aromatic nitrogens is 3. The van der Waals surface area contributed by atoms with Gasteiger partial charge in [-0.05, 0) is 24.6 Å². The zero-order valence-corrected chi connectivity index (χ0v) is 12.1. The summed E-state index contributed by atoms with van der Waals surface area (Å²) < 4.78 is 1.80. The number of hydrogen-bond donors (Lipinski definition) is 2. The fourth-order valence-corrected chi connectivity index (χ4v) is 1.71. The summed E-state index contributed by atoms with van der Waals surface area (Å²) in [6.07, 6.45) is 5.32. The van der Waals surface area contributed by atoms with Crippen molar-refractivity contribution in [2.45, 2.75) is 20.0 Å². The SMILES string of the molecule is Cc1cnn(CCNC(=O)c2ccnc(CN)c2)c1.Cl. The Morgan fingerprint density at radius 2 is 2.30 bits per heavy atom. The van der Waals surface area contributed by atoms with Crippen LogP contribution in [0.1, 0.15) is 21.6 Å². The third-order valence-electron chi connectivity index (χ3n) is 2.68. The van der Waals surface area contributed by atoms with Crippen LogP contribution < -0.4 is 11.1 Å². The van der Waals surface area contributed by atoms with Crippen LogP contribution in [0.15, 0.2) is 30.7 Å². The van der Waals surface area contributed by atoms with Crippen molar-refractivity contribution in [3.05, 3.63) is 47.5 Å². The van der Waals surface area contributed by atoms with Gasteiger partial charge in [-0.2, -0.15) is 5.10 Å². The van der Waals surface area contributed by atoms with Crippen molar-refractivity contribution < 1.29 is 4.79 Å². The van der Waals surface area contributed by atoms with E-state index in [1.165, 1.54) is 0 Å². The third-order valence-corrected chi connectivity index (χ3v) is 2.68. The molecule has 0 aliphatic rings. The van der Waals surface area contributed by atoms with Gasteiger partial charge in [0.15, 0.2) is 0 Å². The van der Waals surface area contributed by atoms with E-state index in [9.17, 15) is 4.79 Å². The maximum Gasteiger partial charge on any atom is 0.251 e. The first-order chi connectivity index (χ1) is 9.19. The number of nitrogens with one attached hydrogen (secondary N) is 1. The number of nitrogens with zero attached hydrogens (tertiary/aromatic N) is 3. The van der Waals surface area contributed by atoms with Crippen LogP contribution in [0.2, 0.25) is 0 Å². The zero-order chi connectivity index (χ0) is 13.7. The predicted molar refractivity (Wildman–Crippen MR) is 78.7 cm³/mol. The van der Waals surface area contributed by atoms with Gasteiger partial charge in [0.05, 0.1) is 18.4 Å². The zero-order valence-electron chi connectivity index (χ0n) is 11.2. The van der Waals surface area contributed by atoms with Crippen molar-refractivity contribution in [3.8, 4) is 0 Å². The average molecular weight is 296 g/mol. The van der Waals surface area contributed by atoms with E-state index in [-0.39, 0.29) is 18.3 Å². The molecule has 2 rings (SSSR count). The number of carbonyl (C=O) groups is 1. The van der Waals surface area contributed by atoms with Crippen molar-refractivity contribution in [1.29, 1.82) is 0 Å². The number of aryl methyl sites for hydroxylation is 1. The van der Waals surface area contributed by atoms with E-state index in [4.69, 9.17) is 5.73 Å². The lowest BCUT2D eigenvalue weighted by atomic mass is 10.2. The Balaban J connectivity index is 0.00000200. The molecule has 0 aliphatic heterocycles. The highest BCUT2D eigenvalue weighted by atomic mass is 35.5. The lowest BCUT2D eigenvalue weighted by molar-refractivity contribution is 0.0951. The number of halogens is 1. The monoisotopic (exact) mass is 295 g/mol. The first kappa shape index (κ1) is 16.1. The van der Waals surface area contributed by atoms with Crippen molar-refractivity contribution in [1.82, 2.24) is 20.1 Å². The number of hydrogen-bond acceptors (Lipinski definition) is 4. The second kappa shape index (κ2) is 7.62. The van der Waals surface area contributed by atoms with Crippen LogP contribution in [-0.2, 0) is 13.1 Å². The maximum atomic E-state index is 11.9. The molecule has 0 atom stereocenters. The van der Waals surface area contributed by atoms with Crippen LogP contribution in [0.5, 0.6) is 0 Å². The Bertz CT molecular complexity index is 569. The molecule has 0 radical (unpaired) electrons. The Kier molecular flexibility index (Phi) is 6.14. The minimum atomic E-state index is -0.124. The molecule has 2 aromatic rings. The highest BCUT2D eigenvalue weighted by Crippen LogP contribution is 2.01. The van der Waals surface area contributed by atoms with Gasteiger partial charge in [0.2, 0.25) is 0 Å². The van der Waals surface area contributed by atoms with Gasteiger partial charge in [-0.3, -0.25) is 14.5 Å². The highest BCUT2D eigenvalue weighted by molar-refractivity contribution is 5.94. The maximum absolute atomic E-state index is 11.9. The smallest absolute Gasteiger partial charge is 0.251 e. The molecular weight excluding hydrogens is 278 g/mol. The summed E-state index contributed by atoms with van der Waals surface area (Å²) in [4.78, 5) is 16.0. The van der Waals surface area contributed by atoms with Crippen molar-refractivity contribution >= 4 is 18.3 Å². The summed E-state index contributed by atoms with van der Waals surface area (Å²) in [5, 5.41) is 6.99. The minimum absolute atomic E-state index is 0. The van der Waals surface area contributed by atoms with E-state index < -0.39 is 0 Å². The lowest BCUT2D eigenvalue weighted by Gasteiger charge is -2.06. The second-order valence-corrected chi connectivity index (χ2v) is 4.28. The lowest BCUT2D eigenvalue weighted by Crippen LogP contribution is -2.27. The van der Waals surface area contributed by atoms with E-state index in [2.05, 4.69) is 15.4 Å². The van der Waals surface area contributed by atoms with Gasteiger partial charge in [0.1, 0.15) is 0 Å². The normalized spacial score (nSPS) is 9.90. The van der Waals surface area contributed by atoms with E-state index in [0.717, 1.165) is 5.56 Å². The fraction of sp³-hybridized carbons (Fsp3) is 0.308. The van der Waals surface area contributed by atoms with Crippen molar-refractivity contribution in [3.63, 3.8) is 0 Å². The third kappa shape index (κ3) is 4.32. The Labute approximate surface area is 123 Å². The Hall–Kier alpha value is -1.92. The standard InChI is InChI=1S/C13H17N5O.ClH/c1-10-8-17-18(9-10)5-4-16-13(19)11-2-3-15-12(6-11)7-14;/h2-3,6,8-9H,4-5,7,14H2,1H3,(H,16,19);1H. The molecular formula is C13H18ClN5O. The van der Waals surface area contributed by atoms with Gasteiger partial charge >= 0.3 is 0 Å². The molecule has 6 nitrogen and oxygen atoms in total. The van der Waals surface area contributed by atoms with Gasteiger partial charge in [0, 0.05) is 31.0 Å². The molecule has 0 spiro atoms. The Morgan fingerprint density at radius 1 is 1.50 bits per heavy atom. The summed E-state index contributed by atoms with van der Waals surface area (Å²) in [7, 11) is 0. The first-order valence-corrected chi connectivity index (χ1v) is 6.11. The Morgan fingerprint density at radius 3 is 2.95 bits per heavy atom. The molecule has 1 amide bonds. The van der Waals surface area contributed by atoms with Crippen LogP contribution in [-0.4, -0.2) is 27.2 Å². The quantitative estimate of drug-likeness (QED) is 0.858. The predicted octanol–water partition coefficient (Wildman–Crippen LogP) is 0.897. The summed E-state index contributed by atoms with van der Waals surface area (Å²) in [6.45, 7) is 3.48. The molecule has 20 heavy (non-hydrogen) atoms. The van der Waals surface area contributed by atoms with Crippen LogP contribution >= 0.6 is 12.4 Å². The molecule has 2 heterocycles. The summed E-state index contributed by atoms with van der Waals surface area (Å²) >= 11 is 0. The fourth-order valence-electron chi connectivity index (χ4n) is 1.71. The first-order valence-electron chi connectivity index (χ1n) is 6.11. The van der Waals surface area contributed by atoms with E-state index in [1.54, 1.807) is 29.2 Å². The molecule has 0 saturated carbocycles. The van der Waals surface area contributed by atoms with Crippen LogP contribution in [0.3, 0.4) is 0 Å². The summed E-state index contributed by atoms with van der Waals surface area (Å²) in [5.74, 6) is -0.124. The van der Waals surface area contributed by atoms with Gasteiger partial charge in [-0.15, -0.1) is 12.4 Å². The minimum Gasteiger partial charge on any atom is -0.350 e. The largest absolute Gasteiger partial charge is 0.350 e. The molecule has 108 valence electrons. The van der Waals surface area contributed by atoms with Gasteiger partial charge in [0.25, 0.3) is 5.91 Å². The molecule has 2 aromatic heterocycles. The van der Waals surface area contributed by atoms with Crippen LogP contribution in [0.25, 0.3) is 0 Å². The number of rotatable bonds is 5. The summed E-state index contributed by atoms with van der Waals surface area (Å²) in [6, 6.07) is 3.37. The number of amides is 1. The number of pyridine rings is 1. The highest BCUT2D eigenvalue weighted by Gasteiger charge is 2.05. The van der Waals surface area contributed by atoms with Crippen molar-refractivity contribution in [2.75, 3.05) is 6.54 Å². The van der Waals surface area contributed by atoms with Gasteiger partial charge in [-0.25, -0.2) is 0 Å². The van der Waals surface area contributed by atoms with E-state index >= 15 is 0 Å².